The highest BCUT2D eigenvalue weighted by Gasteiger charge is 2.46. The molecule has 1 aliphatic carbocycles. The number of nitrogens with one attached hydrogen (secondary N) is 1. The Labute approximate surface area is 225 Å². The predicted molar refractivity (Wildman–Crippen MR) is 149 cm³/mol. The third-order valence-corrected chi connectivity index (χ3v) is 7.30. The van der Waals surface area contributed by atoms with Crippen LogP contribution in [0.25, 0.3) is 5.76 Å². The fourth-order valence-corrected chi connectivity index (χ4v) is 5.49. The number of halogens is 1. The van der Waals surface area contributed by atoms with Crippen LogP contribution in [0.3, 0.4) is 0 Å². The summed E-state index contributed by atoms with van der Waals surface area (Å²) in [7, 11) is 0. The Hall–Kier alpha value is -4.23. The Kier molecular flexibility index (Phi) is 6.41. The molecule has 192 valence electrons. The van der Waals surface area contributed by atoms with E-state index in [1.54, 1.807) is 65.6 Å². The van der Waals surface area contributed by atoms with Crippen molar-refractivity contribution in [2.45, 2.75) is 32.6 Å². The fourth-order valence-electron chi connectivity index (χ4n) is 5.36. The van der Waals surface area contributed by atoms with Crippen molar-refractivity contribution in [1.82, 2.24) is 0 Å². The Morgan fingerprint density at radius 2 is 1.66 bits per heavy atom. The number of benzene rings is 3. The highest BCUT2D eigenvalue weighted by atomic mass is 35.5. The first-order chi connectivity index (χ1) is 18.1. The van der Waals surface area contributed by atoms with E-state index >= 15 is 0 Å². The number of carbonyl (C=O) groups excluding carboxylic acids is 1. The summed E-state index contributed by atoms with van der Waals surface area (Å²) in [4.78, 5) is 26.4. The molecule has 0 fully saturated rings. The molecule has 1 heterocycles. The second kappa shape index (κ2) is 9.58. The highest BCUT2D eigenvalue weighted by molar-refractivity contribution is 6.30. The van der Waals surface area contributed by atoms with Crippen molar-refractivity contribution < 1.29 is 14.8 Å². The van der Waals surface area contributed by atoms with Crippen molar-refractivity contribution in [2.75, 3.05) is 4.90 Å². The van der Waals surface area contributed by atoms with Gasteiger partial charge in [-0.05, 0) is 41.7 Å². The number of ketones is 1. The molecule has 8 heteroatoms. The van der Waals surface area contributed by atoms with Gasteiger partial charge < -0.3 is 5.11 Å². The van der Waals surface area contributed by atoms with Gasteiger partial charge in [0.2, 0.25) is 0 Å². The number of nitrogens with zero attached hydrogens (tertiary/aromatic N) is 2. The number of aliphatic hydroxyl groups is 1. The lowest BCUT2D eigenvalue weighted by atomic mass is 9.67. The van der Waals surface area contributed by atoms with Crippen LogP contribution in [0.4, 0.5) is 11.4 Å². The number of nitro groups is 1. The van der Waals surface area contributed by atoms with E-state index in [4.69, 9.17) is 11.6 Å². The van der Waals surface area contributed by atoms with E-state index in [0.717, 1.165) is 0 Å². The summed E-state index contributed by atoms with van der Waals surface area (Å²) >= 11 is 6.15. The summed E-state index contributed by atoms with van der Waals surface area (Å²) in [6, 6.07) is 21.9. The maximum Gasteiger partial charge on any atom is 0.269 e. The van der Waals surface area contributed by atoms with Crippen molar-refractivity contribution in [3.8, 4) is 0 Å². The molecular formula is C30H26ClN3O4. The lowest BCUT2D eigenvalue weighted by Crippen LogP contribution is -2.45. The first-order valence-electron chi connectivity index (χ1n) is 12.2. The first kappa shape index (κ1) is 25.4. The van der Waals surface area contributed by atoms with Gasteiger partial charge in [0, 0.05) is 57.6 Å². The normalized spacial score (nSPS) is 20.3. The van der Waals surface area contributed by atoms with E-state index in [1.807, 2.05) is 19.9 Å². The molecule has 1 aliphatic heterocycles. The molecule has 0 saturated carbocycles. The summed E-state index contributed by atoms with van der Waals surface area (Å²) in [5, 5.41) is 32.9. The maximum atomic E-state index is 13.9. The third kappa shape index (κ3) is 4.50. The van der Waals surface area contributed by atoms with E-state index in [0.29, 0.717) is 45.9 Å². The van der Waals surface area contributed by atoms with Crippen LogP contribution in [-0.2, 0) is 4.79 Å². The Morgan fingerprint density at radius 1 is 1.03 bits per heavy atom. The monoisotopic (exact) mass is 527 g/mol. The molecule has 0 radical (unpaired) electrons. The maximum absolute atomic E-state index is 13.9. The van der Waals surface area contributed by atoms with Gasteiger partial charge in [-0.25, -0.2) is 0 Å². The van der Waals surface area contributed by atoms with Crippen LogP contribution in [0.1, 0.15) is 43.7 Å². The number of Topliss-reactive ketones (excluding diaryl/α,β-unsaturated/α-hetero) is 1. The minimum Gasteiger partial charge on any atom is -0.507 e. The zero-order valence-corrected chi connectivity index (χ0v) is 21.7. The van der Waals surface area contributed by atoms with Gasteiger partial charge in [0.15, 0.2) is 5.78 Å². The van der Waals surface area contributed by atoms with Crippen molar-refractivity contribution in [3.05, 3.63) is 122 Å². The summed E-state index contributed by atoms with van der Waals surface area (Å²) in [6.07, 6.45) is 0.832. The molecule has 2 N–H and O–H groups in total. The number of allylic oxidation sites excluding steroid dienone is 2. The number of hydrogen-bond acceptors (Lipinski definition) is 5. The van der Waals surface area contributed by atoms with E-state index in [1.165, 1.54) is 12.1 Å². The van der Waals surface area contributed by atoms with Crippen molar-refractivity contribution in [3.63, 3.8) is 0 Å². The van der Waals surface area contributed by atoms with Gasteiger partial charge in [-0.15, -0.1) is 0 Å². The molecule has 0 unspecified atom stereocenters. The van der Waals surface area contributed by atoms with Gasteiger partial charge in [-0.3, -0.25) is 25.2 Å². The average Bonchev–Trinajstić information content (AvgIpc) is 2.88. The minimum atomic E-state index is -0.773. The second-order valence-corrected chi connectivity index (χ2v) is 10.8. The largest absolute Gasteiger partial charge is 0.507 e. The Bertz CT molecular complexity index is 1510. The lowest BCUT2D eigenvalue weighted by molar-refractivity contribution is -0.384. The molecule has 0 amide bonds. The molecule has 0 spiro atoms. The van der Waals surface area contributed by atoms with Crippen LogP contribution in [0.15, 0.2) is 95.7 Å². The molecule has 38 heavy (non-hydrogen) atoms. The molecule has 0 saturated heterocycles. The quantitative estimate of drug-likeness (QED) is 0.208. The van der Waals surface area contributed by atoms with Crippen LogP contribution >= 0.6 is 11.6 Å². The number of carbonyl (C=O) groups is 1. The fraction of sp³-hybridized carbons (Fsp3) is 0.200. The van der Waals surface area contributed by atoms with Gasteiger partial charge in [0.25, 0.3) is 5.69 Å². The summed E-state index contributed by atoms with van der Waals surface area (Å²) in [5.74, 6) is -0.946. The number of rotatable bonds is 4. The summed E-state index contributed by atoms with van der Waals surface area (Å²) in [5.41, 5.74) is 2.75. The molecule has 3 aromatic carbocycles. The van der Waals surface area contributed by atoms with Gasteiger partial charge in [-0.2, -0.15) is 0 Å². The van der Waals surface area contributed by atoms with Crippen LogP contribution in [0.5, 0.6) is 0 Å². The number of aliphatic hydroxyl groups excluding tert-OH is 1. The average molecular weight is 528 g/mol. The van der Waals surface area contributed by atoms with Gasteiger partial charge >= 0.3 is 0 Å². The van der Waals surface area contributed by atoms with Gasteiger partial charge in [0.1, 0.15) is 11.6 Å². The van der Waals surface area contributed by atoms with Gasteiger partial charge in [-0.1, -0.05) is 67.9 Å². The zero-order chi connectivity index (χ0) is 27.2. The predicted octanol–water partition coefficient (Wildman–Crippen LogP) is 7.44. The molecule has 5 rings (SSSR count). The molecule has 7 nitrogen and oxygen atoms in total. The van der Waals surface area contributed by atoms with Crippen LogP contribution in [0.2, 0.25) is 5.02 Å². The van der Waals surface area contributed by atoms with Crippen molar-refractivity contribution in [2.24, 2.45) is 5.41 Å². The minimum absolute atomic E-state index is 0.0290. The number of amidine groups is 1. The molecule has 0 bridgehead atoms. The number of anilines is 1. The third-order valence-electron chi connectivity index (χ3n) is 7.05. The number of non-ortho nitro benzene ring substituents is 1. The summed E-state index contributed by atoms with van der Waals surface area (Å²) < 4.78 is 0. The van der Waals surface area contributed by atoms with Crippen LogP contribution in [0, 0.1) is 20.9 Å². The second-order valence-electron chi connectivity index (χ2n) is 10.4. The molecule has 3 aromatic rings. The van der Waals surface area contributed by atoms with E-state index < -0.39 is 10.8 Å². The van der Waals surface area contributed by atoms with Crippen molar-refractivity contribution >= 4 is 40.4 Å². The first-order valence-corrected chi connectivity index (χ1v) is 12.6. The molecule has 0 aromatic heterocycles. The SMILES string of the molecule is CC1(C)CC(=O)C2=C(C1)N(c1ccc(Cl)cc1)C(=N)/C(=C(/O)c1ccccc1)[C@@H]2c1ccc([N+](=O)[O-])cc1. The van der Waals surface area contributed by atoms with Crippen molar-refractivity contribution in [1.29, 1.82) is 5.41 Å². The van der Waals surface area contributed by atoms with E-state index in [9.17, 15) is 25.4 Å². The summed E-state index contributed by atoms with van der Waals surface area (Å²) in [6.45, 7) is 4.04. The molecule has 2 aliphatic rings. The number of nitro benzene ring substituents is 1. The smallest absolute Gasteiger partial charge is 0.269 e. The Morgan fingerprint density at radius 3 is 2.26 bits per heavy atom. The van der Waals surface area contributed by atoms with Crippen LogP contribution in [-0.4, -0.2) is 21.6 Å². The standard InChI is InChI=1S/C30H26ClN3O4/c1-30(2)16-23-26(24(35)17-30)25(18-8-12-22(13-9-18)34(37)38)27(28(36)19-6-4-3-5-7-19)29(32)33(23)21-14-10-20(31)11-15-21/h3-15,25,32,36H,16-17H2,1-2H3/b28-27+,32-29?/t25-/m1/s1. The highest BCUT2D eigenvalue weighted by Crippen LogP contribution is 2.51. The topological polar surface area (TPSA) is 108 Å². The Balaban J connectivity index is 1.83. The van der Waals surface area contributed by atoms with E-state index in [-0.39, 0.29) is 34.1 Å². The zero-order valence-electron chi connectivity index (χ0n) is 20.9. The molecule has 1 atom stereocenters. The van der Waals surface area contributed by atoms with Crippen LogP contribution < -0.4 is 4.90 Å². The molecular weight excluding hydrogens is 502 g/mol. The van der Waals surface area contributed by atoms with Gasteiger partial charge in [0.05, 0.1) is 4.92 Å². The lowest BCUT2D eigenvalue weighted by Gasteiger charge is -2.45. The van der Waals surface area contributed by atoms with E-state index in [2.05, 4.69) is 0 Å². The number of hydrogen-bond donors (Lipinski definition) is 2.